The van der Waals surface area contributed by atoms with Gasteiger partial charge in [0.1, 0.15) is 18.8 Å². The van der Waals surface area contributed by atoms with Crippen molar-refractivity contribution in [1.29, 1.82) is 0 Å². The van der Waals surface area contributed by atoms with E-state index in [0.29, 0.717) is 19.3 Å². The Kier molecular flexibility index (Phi) is 50.7. The van der Waals surface area contributed by atoms with Gasteiger partial charge in [0.15, 0.2) is 24.6 Å². The number of carbonyl (C=O) groups excluding carboxylic acids is 3. The SMILES string of the molecule is CC/C=C\C/C=C\C/C=C\C/C=C\CCCCCCC(=O)OCC(COC1OC(C(=O)O)C(O)C(O)C1OC(=O)CCCCCCCCC/C=C\CCCCCCCC)OC(=O)CCCCCCC/C=C\CCCCCCCC. The highest BCUT2D eigenvalue weighted by molar-refractivity contribution is 5.74. The van der Waals surface area contributed by atoms with Gasteiger partial charge in [-0.3, -0.25) is 14.4 Å². The van der Waals surface area contributed by atoms with Crippen molar-refractivity contribution in [2.75, 3.05) is 13.2 Å². The minimum atomic E-state index is -1.91. The first kappa shape index (κ1) is 73.2. The quantitative estimate of drug-likeness (QED) is 0.0228. The molecule has 79 heavy (non-hydrogen) atoms. The molecule has 0 aromatic carbocycles. The number of rotatable bonds is 54. The summed E-state index contributed by atoms with van der Waals surface area (Å²) in [5.41, 5.74) is 0. The van der Waals surface area contributed by atoms with E-state index in [1.54, 1.807) is 0 Å². The molecule has 0 aromatic rings. The number of ether oxygens (including phenoxy) is 5. The lowest BCUT2D eigenvalue weighted by Gasteiger charge is -2.40. The van der Waals surface area contributed by atoms with E-state index < -0.39 is 67.3 Å². The highest BCUT2D eigenvalue weighted by Gasteiger charge is 2.50. The standard InChI is InChI=1S/C67H114O12/c1-4-7-10-13-16-19-22-25-28-30-33-35-38-41-44-47-50-53-59(68)75-56-58(77-60(69)54-51-48-45-42-39-36-32-27-24-21-18-15-12-9-6-3)57-76-67-65(63(72)62(71)64(79-67)66(73)74)78-61(70)55-52-49-46-43-40-37-34-31-29-26-23-20-17-14-11-8-5-2/h7,10,16,19,25-29,32-33,35,58,62-65,67,71-72H,4-6,8-9,11-15,17-18,20-24,30-31,34,36-57H2,1-3H3,(H,73,74)/b10-7-,19-16-,28-25-,29-26-,32-27-,35-33-. The topological polar surface area (TPSA) is 175 Å². The largest absolute Gasteiger partial charge is 0.479 e. The number of aliphatic carboxylic acids is 1. The van der Waals surface area contributed by atoms with Crippen LogP contribution in [0.4, 0.5) is 0 Å². The predicted molar refractivity (Wildman–Crippen MR) is 322 cm³/mol. The van der Waals surface area contributed by atoms with Crippen LogP contribution in [0, 0.1) is 0 Å². The zero-order chi connectivity index (χ0) is 57.5. The van der Waals surface area contributed by atoms with E-state index in [0.717, 1.165) is 122 Å². The average molecular weight is 1110 g/mol. The molecule has 1 fully saturated rings. The lowest BCUT2D eigenvalue weighted by Crippen LogP contribution is -2.61. The highest BCUT2D eigenvalue weighted by Crippen LogP contribution is 2.26. The van der Waals surface area contributed by atoms with Gasteiger partial charge in [-0.05, 0) is 109 Å². The normalized spacial score (nSPS) is 18.3. The zero-order valence-electron chi connectivity index (χ0n) is 50.1. The summed E-state index contributed by atoms with van der Waals surface area (Å²) in [6.07, 6.45) is 57.1. The van der Waals surface area contributed by atoms with Gasteiger partial charge >= 0.3 is 23.9 Å². The minimum absolute atomic E-state index is 0.0512. The summed E-state index contributed by atoms with van der Waals surface area (Å²) < 4.78 is 28.5. The van der Waals surface area contributed by atoms with Crippen molar-refractivity contribution >= 4 is 23.9 Å². The number of carboxylic acid groups (broad SMARTS) is 1. The van der Waals surface area contributed by atoms with Crippen LogP contribution < -0.4 is 0 Å². The second-order valence-electron chi connectivity index (χ2n) is 21.7. The summed E-state index contributed by atoms with van der Waals surface area (Å²) >= 11 is 0. The zero-order valence-corrected chi connectivity index (χ0v) is 50.1. The second kappa shape index (κ2) is 54.7. The fraction of sp³-hybridized carbons (Fsp3) is 0.761. The van der Waals surface area contributed by atoms with Crippen LogP contribution >= 0.6 is 0 Å². The number of carboxylic acids is 1. The molecule has 0 aromatic heterocycles. The van der Waals surface area contributed by atoms with Crippen molar-refractivity contribution in [3.8, 4) is 0 Å². The second-order valence-corrected chi connectivity index (χ2v) is 21.7. The molecule has 1 rings (SSSR count). The molecule has 0 amide bonds. The third-order valence-electron chi connectivity index (χ3n) is 14.2. The van der Waals surface area contributed by atoms with Crippen molar-refractivity contribution in [2.24, 2.45) is 0 Å². The van der Waals surface area contributed by atoms with Gasteiger partial charge in [-0.15, -0.1) is 0 Å². The van der Waals surface area contributed by atoms with Crippen molar-refractivity contribution < 1.29 is 58.2 Å². The van der Waals surface area contributed by atoms with Crippen LogP contribution in [0.25, 0.3) is 0 Å². The van der Waals surface area contributed by atoms with E-state index in [2.05, 4.69) is 93.7 Å². The van der Waals surface area contributed by atoms with Gasteiger partial charge < -0.3 is 39.0 Å². The number of aliphatic hydroxyl groups excluding tert-OH is 2. The van der Waals surface area contributed by atoms with Crippen LogP contribution in [0.5, 0.6) is 0 Å². The molecule has 1 heterocycles. The van der Waals surface area contributed by atoms with Gasteiger partial charge in [0.05, 0.1) is 6.61 Å². The van der Waals surface area contributed by atoms with E-state index in [9.17, 15) is 34.5 Å². The Morgan fingerprint density at radius 2 is 0.797 bits per heavy atom. The average Bonchev–Trinajstić information content (AvgIpc) is 3.47. The lowest BCUT2D eigenvalue weighted by atomic mass is 9.98. The first-order valence-corrected chi connectivity index (χ1v) is 31.9. The van der Waals surface area contributed by atoms with E-state index in [4.69, 9.17) is 23.7 Å². The summed E-state index contributed by atoms with van der Waals surface area (Å²) in [7, 11) is 0. The Balaban J connectivity index is 2.69. The molecular formula is C67H114O12. The molecule has 1 saturated heterocycles. The molecule has 12 heteroatoms. The van der Waals surface area contributed by atoms with Crippen molar-refractivity contribution in [1.82, 2.24) is 0 Å². The van der Waals surface area contributed by atoms with Crippen molar-refractivity contribution in [2.45, 2.75) is 314 Å². The van der Waals surface area contributed by atoms with Crippen LogP contribution in [0.15, 0.2) is 72.9 Å². The molecule has 0 aliphatic carbocycles. The van der Waals surface area contributed by atoms with Crippen LogP contribution in [-0.2, 0) is 42.9 Å². The maximum absolute atomic E-state index is 13.2. The molecule has 0 radical (unpaired) electrons. The minimum Gasteiger partial charge on any atom is -0.479 e. The number of esters is 3. The molecule has 3 N–H and O–H groups in total. The maximum Gasteiger partial charge on any atom is 0.335 e. The lowest BCUT2D eigenvalue weighted by molar-refractivity contribution is -0.301. The number of carbonyl (C=O) groups is 4. The van der Waals surface area contributed by atoms with Crippen molar-refractivity contribution in [3.63, 3.8) is 0 Å². The van der Waals surface area contributed by atoms with Gasteiger partial charge in [-0.25, -0.2) is 4.79 Å². The third kappa shape index (κ3) is 44.5. The Morgan fingerprint density at radius 3 is 1.23 bits per heavy atom. The number of hydrogen-bond acceptors (Lipinski definition) is 11. The van der Waals surface area contributed by atoms with Gasteiger partial charge in [0.25, 0.3) is 0 Å². The molecular weight excluding hydrogens is 997 g/mol. The van der Waals surface area contributed by atoms with E-state index in [1.165, 1.54) is 96.3 Å². The summed E-state index contributed by atoms with van der Waals surface area (Å²) in [5.74, 6) is -3.16. The highest BCUT2D eigenvalue weighted by atomic mass is 16.7. The van der Waals surface area contributed by atoms with Crippen LogP contribution in [-0.4, -0.2) is 89.2 Å². The summed E-state index contributed by atoms with van der Waals surface area (Å²) in [6.45, 7) is 5.86. The van der Waals surface area contributed by atoms with Crippen LogP contribution in [0.3, 0.4) is 0 Å². The predicted octanol–water partition coefficient (Wildman–Crippen LogP) is 16.9. The summed E-state index contributed by atoms with van der Waals surface area (Å²) in [5, 5.41) is 31.6. The maximum atomic E-state index is 13.2. The molecule has 12 nitrogen and oxygen atoms in total. The third-order valence-corrected chi connectivity index (χ3v) is 14.2. The smallest absolute Gasteiger partial charge is 0.335 e. The van der Waals surface area contributed by atoms with E-state index in [1.807, 2.05) is 0 Å². The molecule has 6 unspecified atom stereocenters. The Labute approximate surface area is 480 Å². The Hall–Kier alpha value is -3.84. The molecule has 1 aliphatic rings. The number of aliphatic hydroxyl groups is 2. The summed E-state index contributed by atoms with van der Waals surface area (Å²) in [4.78, 5) is 51.3. The number of hydrogen-bond donors (Lipinski definition) is 3. The van der Waals surface area contributed by atoms with E-state index >= 15 is 0 Å². The van der Waals surface area contributed by atoms with Gasteiger partial charge in [-0.1, -0.05) is 222 Å². The molecule has 0 spiro atoms. The number of allylic oxidation sites excluding steroid dienone is 12. The molecule has 0 bridgehead atoms. The van der Waals surface area contributed by atoms with Crippen LogP contribution in [0.1, 0.15) is 278 Å². The van der Waals surface area contributed by atoms with Crippen molar-refractivity contribution in [3.05, 3.63) is 72.9 Å². The first-order chi connectivity index (χ1) is 38.6. The fourth-order valence-corrected chi connectivity index (χ4v) is 9.35. The first-order valence-electron chi connectivity index (χ1n) is 31.9. The Morgan fingerprint density at radius 1 is 0.430 bits per heavy atom. The molecule has 1 aliphatic heterocycles. The Bertz CT molecular complexity index is 1650. The monoisotopic (exact) mass is 1110 g/mol. The molecule has 454 valence electrons. The number of unbranched alkanes of at least 4 members (excludes halogenated alkanes) is 28. The molecule has 0 saturated carbocycles. The van der Waals surface area contributed by atoms with Gasteiger partial charge in [-0.2, -0.15) is 0 Å². The molecule has 6 atom stereocenters. The van der Waals surface area contributed by atoms with E-state index in [-0.39, 0.29) is 25.9 Å². The van der Waals surface area contributed by atoms with Gasteiger partial charge in [0, 0.05) is 19.3 Å². The van der Waals surface area contributed by atoms with Crippen LogP contribution in [0.2, 0.25) is 0 Å². The summed E-state index contributed by atoms with van der Waals surface area (Å²) in [6, 6.07) is 0. The fourth-order valence-electron chi connectivity index (χ4n) is 9.35. The van der Waals surface area contributed by atoms with Gasteiger partial charge in [0.2, 0.25) is 0 Å².